The summed E-state index contributed by atoms with van der Waals surface area (Å²) in [6, 6.07) is 11.4. The van der Waals surface area contributed by atoms with Crippen LogP contribution in [-0.2, 0) is 0 Å². The van der Waals surface area contributed by atoms with E-state index in [1.165, 1.54) is 12.0 Å². The molecule has 2 N–H and O–H groups in total. The Balaban J connectivity index is 2.86. The molecule has 0 aliphatic heterocycles. The molecule has 0 aromatic heterocycles. The zero-order chi connectivity index (χ0) is 12.0. The van der Waals surface area contributed by atoms with E-state index in [2.05, 4.69) is 56.0 Å². The van der Waals surface area contributed by atoms with Crippen molar-refractivity contribution < 1.29 is 0 Å². The fourth-order valence-electron chi connectivity index (χ4n) is 2.17. The highest BCUT2D eigenvalue weighted by Gasteiger charge is 2.20. The second kappa shape index (κ2) is 6.66. The summed E-state index contributed by atoms with van der Waals surface area (Å²) >= 11 is 0. The first-order valence-corrected chi connectivity index (χ1v) is 6.21. The Bertz CT molecular complexity index is 282. The minimum atomic E-state index is 0.348. The van der Waals surface area contributed by atoms with Gasteiger partial charge in [-0.25, -0.2) is 0 Å². The molecule has 0 fully saturated rings. The number of hydrogen-bond donors (Lipinski definition) is 1. The van der Waals surface area contributed by atoms with Crippen LogP contribution < -0.4 is 5.73 Å². The third kappa shape index (κ3) is 3.32. The topological polar surface area (TPSA) is 29.3 Å². The molecular weight excluding hydrogens is 196 g/mol. The summed E-state index contributed by atoms with van der Waals surface area (Å²) in [5.74, 6) is 0. The number of hydrogen-bond acceptors (Lipinski definition) is 2. The Kier molecular flexibility index (Phi) is 5.50. The Labute approximate surface area is 99.5 Å². The van der Waals surface area contributed by atoms with Gasteiger partial charge in [0.25, 0.3) is 0 Å². The average Bonchev–Trinajstić information content (AvgIpc) is 2.30. The van der Waals surface area contributed by atoms with Gasteiger partial charge in [-0.05, 0) is 32.4 Å². The van der Waals surface area contributed by atoms with Crippen molar-refractivity contribution in [2.45, 2.75) is 39.3 Å². The Morgan fingerprint density at radius 3 is 2.25 bits per heavy atom. The van der Waals surface area contributed by atoms with E-state index in [1.54, 1.807) is 0 Å². The lowest BCUT2D eigenvalue weighted by Gasteiger charge is -2.34. The van der Waals surface area contributed by atoms with Crippen LogP contribution in [0.4, 0.5) is 0 Å². The second-order valence-electron chi connectivity index (χ2n) is 4.49. The molecule has 0 radical (unpaired) electrons. The minimum absolute atomic E-state index is 0.348. The van der Waals surface area contributed by atoms with Crippen LogP contribution in [0.5, 0.6) is 0 Å². The molecule has 16 heavy (non-hydrogen) atoms. The van der Waals surface area contributed by atoms with E-state index in [0.29, 0.717) is 18.6 Å². The predicted molar refractivity (Wildman–Crippen MR) is 70.4 cm³/mol. The molecule has 1 aromatic carbocycles. The van der Waals surface area contributed by atoms with E-state index in [1.807, 2.05) is 0 Å². The lowest BCUT2D eigenvalue weighted by Crippen LogP contribution is -2.39. The van der Waals surface area contributed by atoms with Crippen molar-refractivity contribution in [1.29, 1.82) is 0 Å². The van der Waals surface area contributed by atoms with Gasteiger partial charge in [0.15, 0.2) is 0 Å². The van der Waals surface area contributed by atoms with Crippen LogP contribution in [0.15, 0.2) is 30.3 Å². The van der Waals surface area contributed by atoms with Crippen molar-refractivity contribution in [2.75, 3.05) is 13.1 Å². The molecule has 0 aliphatic carbocycles. The van der Waals surface area contributed by atoms with Gasteiger partial charge in [-0.3, -0.25) is 4.90 Å². The van der Waals surface area contributed by atoms with E-state index >= 15 is 0 Å². The monoisotopic (exact) mass is 220 g/mol. The Morgan fingerprint density at radius 1 is 1.19 bits per heavy atom. The molecule has 0 saturated carbocycles. The highest BCUT2D eigenvalue weighted by atomic mass is 15.2. The smallest absolute Gasteiger partial charge is 0.0473 e. The molecule has 2 heteroatoms. The highest BCUT2D eigenvalue weighted by Crippen LogP contribution is 2.21. The Hall–Kier alpha value is -0.860. The van der Waals surface area contributed by atoms with Gasteiger partial charge >= 0.3 is 0 Å². The van der Waals surface area contributed by atoms with Crippen molar-refractivity contribution in [1.82, 2.24) is 4.90 Å². The zero-order valence-corrected chi connectivity index (χ0v) is 10.7. The predicted octanol–water partition coefficient (Wildman–Crippen LogP) is 2.81. The van der Waals surface area contributed by atoms with E-state index in [-0.39, 0.29) is 0 Å². The zero-order valence-electron chi connectivity index (χ0n) is 10.7. The standard InChI is InChI=1S/C14H24N2/c1-4-10-16(12(2)3)14(11-15)13-8-6-5-7-9-13/h5-9,12,14H,4,10-11,15H2,1-3H3. The molecule has 2 nitrogen and oxygen atoms in total. The fourth-order valence-corrected chi connectivity index (χ4v) is 2.17. The van der Waals surface area contributed by atoms with Crippen LogP contribution in [0.25, 0.3) is 0 Å². The quantitative estimate of drug-likeness (QED) is 0.798. The van der Waals surface area contributed by atoms with E-state index in [9.17, 15) is 0 Å². The molecule has 1 atom stereocenters. The summed E-state index contributed by atoms with van der Waals surface area (Å²) in [7, 11) is 0. The van der Waals surface area contributed by atoms with Crippen LogP contribution in [0.2, 0.25) is 0 Å². The second-order valence-corrected chi connectivity index (χ2v) is 4.49. The lowest BCUT2D eigenvalue weighted by atomic mass is 10.0. The van der Waals surface area contributed by atoms with Gasteiger partial charge in [0.05, 0.1) is 0 Å². The number of nitrogens with zero attached hydrogens (tertiary/aromatic N) is 1. The highest BCUT2D eigenvalue weighted by molar-refractivity contribution is 5.19. The number of benzene rings is 1. The van der Waals surface area contributed by atoms with Gasteiger partial charge in [-0.15, -0.1) is 0 Å². The van der Waals surface area contributed by atoms with Crippen molar-refractivity contribution in [3.05, 3.63) is 35.9 Å². The van der Waals surface area contributed by atoms with Crippen LogP contribution in [0, 0.1) is 0 Å². The molecule has 0 amide bonds. The molecule has 0 spiro atoms. The molecule has 0 heterocycles. The van der Waals surface area contributed by atoms with Crippen molar-refractivity contribution >= 4 is 0 Å². The van der Waals surface area contributed by atoms with Crippen molar-refractivity contribution in [2.24, 2.45) is 5.73 Å². The Morgan fingerprint density at radius 2 is 1.81 bits per heavy atom. The molecule has 90 valence electrons. The maximum atomic E-state index is 5.93. The van der Waals surface area contributed by atoms with Gasteiger partial charge in [0, 0.05) is 18.6 Å². The van der Waals surface area contributed by atoms with Crippen LogP contribution in [0.1, 0.15) is 38.8 Å². The maximum Gasteiger partial charge on any atom is 0.0473 e. The van der Waals surface area contributed by atoms with Gasteiger partial charge in [-0.1, -0.05) is 37.3 Å². The van der Waals surface area contributed by atoms with Gasteiger partial charge in [0.1, 0.15) is 0 Å². The molecule has 0 aliphatic rings. The lowest BCUT2D eigenvalue weighted by molar-refractivity contribution is 0.157. The average molecular weight is 220 g/mol. The molecule has 1 aromatic rings. The molecule has 1 rings (SSSR count). The van der Waals surface area contributed by atoms with Gasteiger partial charge in [0.2, 0.25) is 0 Å². The molecular formula is C14H24N2. The largest absolute Gasteiger partial charge is 0.329 e. The van der Waals surface area contributed by atoms with Gasteiger partial charge in [-0.2, -0.15) is 0 Å². The van der Waals surface area contributed by atoms with Crippen LogP contribution in [-0.4, -0.2) is 24.0 Å². The summed E-state index contributed by atoms with van der Waals surface area (Å²) in [4.78, 5) is 2.48. The normalized spacial score (nSPS) is 13.4. The van der Waals surface area contributed by atoms with E-state index in [0.717, 1.165) is 6.54 Å². The van der Waals surface area contributed by atoms with Crippen molar-refractivity contribution in [3.63, 3.8) is 0 Å². The number of nitrogens with two attached hydrogens (primary N) is 1. The van der Waals surface area contributed by atoms with E-state index in [4.69, 9.17) is 5.73 Å². The summed E-state index contributed by atoms with van der Waals surface area (Å²) < 4.78 is 0. The van der Waals surface area contributed by atoms with Crippen LogP contribution in [0.3, 0.4) is 0 Å². The molecule has 0 bridgehead atoms. The third-order valence-electron chi connectivity index (χ3n) is 2.95. The van der Waals surface area contributed by atoms with Gasteiger partial charge < -0.3 is 5.73 Å². The SMILES string of the molecule is CCCN(C(C)C)C(CN)c1ccccc1. The molecule has 0 saturated heterocycles. The van der Waals surface area contributed by atoms with Crippen molar-refractivity contribution in [3.8, 4) is 0 Å². The van der Waals surface area contributed by atoms with E-state index < -0.39 is 0 Å². The third-order valence-corrected chi connectivity index (χ3v) is 2.95. The fraction of sp³-hybridized carbons (Fsp3) is 0.571. The summed E-state index contributed by atoms with van der Waals surface area (Å²) in [5, 5.41) is 0. The first-order chi connectivity index (χ1) is 7.70. The number of rotatable bonds is 6. The maximum absolute atomic E-state index is 5.93. The summed E-state index contributed by atoms with van der Waals surface area (Å²) in [5.41, 5.74) is 7.26. The summed E-state index contributed by atoms with van der Waals surface area (Å²) in [6.07, 6.45) is 1.17. The summed E-state index contributed by atoms with van der Waals surface area (Å²) in [6.45, 7) is 8.48. The first kappa shape index (κ1) is 13.2. The van der Waals surface area contributed by atoms with Crippen LogP contribution >= 0.6 is 0 Å². The first-order valence-electron chi connectivity index (χ1n) is 6.21. The minimum Gasteiger partial charge on any atom is -0.329 e. The molecule has 1 unspecified atom stereocenters.